The topological polar surface area (TPSA) is 38.5 Å². The monoisotopic (exact) mass is 226 g/mol. The number of nitrogens with zero attached hydrogens (tertiary/aromatic N) is 1. The van der Waals surface area contributed by atoms with Crippen LogP contribution in [-0.2, 0) is 4.74 Å². The van der Waals surface area contributed by atoms with E-state index in [4.69, 9.17) is 10.5 Å². The first-order valence-electron chi connectivity index (χ1n) is 6.81. The molecule has 0 aromatic rings. The van der Waals surface area contributed by atoms with Crippen LogP contribution in [0.4, 0.5) is 0 Å². The van der Waals surface area contributed by atoms with Gasteiger partial charge < -0.3 is 15.4 Å². The molecule has 1 aliphatic heterocycles. The summed E-state index contributed by atoms with van der Waals surface area (Å²) in [4.78, 5) is 2.55. The molecule has 1 saturated heterocycles. The van der Waals surface area contributed by atoms with Gasteiger partial charge in [-0.2, -0.15) is 0 Å². The molecule has 3 heteroatoms. The van der Waals surface area contributed by atoms with Gasteiger partial charge in [0, 0.05) is 31.8 Å². The lowest BCUT2D eigenvalue weighted by Gasteiger charge is -2.40. The number of likely N-dealkylation sites (N-methyl/N-ethyl adjacent to an activating group) is 1. The van der Waals surface area contributed by atoms with E-state index in [-0.39, 0.29) is 5.54 Å². The minimum Gasteiger partial charge on any atom is -0.381 e. The molecule has 1 saturated carbocycles. The van der Waals surface area contributed by atoms with Gasteiger partial charge in [0.15, 0.2) is 0 Å². The Kier molecular flexibility index (Phi) is 4.22. The van der Waals surface area contributed by atoms with E-state index in [2.05, 4.69) is 11.8 Å². The number of rotatable bonds is 5. The molecule has 0 aromatic carbocycles. The molecule has 0 aromatic heterocycles. The van der Waals surface area contributed by atoms with E-state index in [9.17, 15) is 0 Å². The van der Waals surface area contributed by atoms with Crippen molar-refractivity contribution in [1.82, 2.24) is 4.90 Å². The Morgan fingerprint density at radius 3 is 2.50 bits per heavy atom. The largest absolute Gasteiger partial charge is 0.381 e. The fourth-order valence-electron chi connectivity index (χ4n) is 2.73. The fourth-order valence-corrected chi connectivity index (χ4v) is 2.73. The van der Waals surface area contributed by atoms with Gasteiger partial charge in [0.2, 0.25) is 0 Å². The summed E-state index contributed by atoms with van der Waals surface area (Å²) in [7, 11) is 0. The molecule has 16 heavy (non-hydrogen) atoms. The molecule has 0 amide bonds. The number of hydrogen-bond donors (Lipinski definition) is 1. The highest BCUT2D eigenvalue weighted by atomic mass is 16.5. The van der Waals surface area contributed by atoms with Crippen LogP contribution in [0.25, 0.3) is 0 Å². The van der Waals surface area contributed by atoms with Crippen LogP contribution in [0.1, 0.15) is 39.0 Å². The molecular formula is C13H26N2O. The summed E-state index contributed by atoms with van der Waals surface area (Å²) in [6, 6.07) is 0. The van der Waals surface area contributed by atoms with Crippen LogP contribution in [0, 0.1) is 5.92 Å². The van der Waals surface area contributed by atoms with E-state index in [0.717, 1.165) is 45.1 Å². The van der Waals surface area contributed by atoms with Crippen molar-refractivity contribution in [3.05, 3.63) is 0 Å². The first kappa shape index (κ1) is 12.3. The van der Waals surface area contributed by atoms with Crippen molar-refractivity contribution in [3.8, 4) is 0 Å². The molecule has 2 aliphatic rings. The van der Waals surface area contributed by atoms with E-state index < -0.39 is 0 Å². The predicted molar refractivity (Wildman–Crippen MR) is 66.4 cm³/mol. The fraction of sp³-hybridized carbons (Fsp3) is 1.00. The zero-order chi connectivity index (χ0) is 11.4. The smallest absolute Gasteiger partial charge is 0.0484 e. The van der Waals surface area contributed by atoms with Crippen LogP contribution >= 0.6 is 0 Å². The molecule has 0 radical (unpaired) electrons. The first-order valence-corrected chi connectivity index (χ1v) is 6.81. The van der Waals surface area contributed by atoms with Crippen LogP contribution in [-0.4, -0.2) is 43.3 Å². The molecular weight excluding hydrogens is 200 g/mol. The molecule has 2 N–H and O–H groups in total. The lowest BCUT2D eigenvalue weighted by atomic mass is 9.84. The van der Waals surface area contributed by atoms with E-state index in [1.165, 1.54) is 25.8 Å². The summed E-state index contributed by atoms with van der Waals surface area (Å²) in [5.74, 6) is 0.948. The second-order valence-corrected chi connectivity index (χ2v) is 5.60. The van der Waals surface area contributed by atoms with E-state index in [1.54, 1.807) is 0 Å². The van der Waals surface area contributed by atoms with Crippen molar-refractivity contribution in [2.45, 2.75) is 44.6 Å². The van der Waals surface area contributed by atoms with E-state index >= 15 is 0 Å². The van der Waals surface area contributed by atoms with Gasteiger partial charge in [0.05, 0.1) is 0 Å². The second-order valence-electron chi connectivity index (χ2n) is 5.60. The summed E-state index contributed by atoms with van der Waals surface area (Å²) in [5, 5.41) is 0. The van der Waals surface area contributed by atoms with Crippen molar-refractivity contribution in [2.75, 3.05) is 32.8 Å². The SMILES string of the molecule is CCN(CC1CCC1)CC1(N)CCOCC1. The lowest BCUT2D eigenvalue weighted by molar-refractivity contribution is 0.0337. The normalized spacial score (nSPS) is 25.7. The van der Waals surface area contributed by atoms with Crippen LogP contribution in [0.2, 0.25) is 0 Å². The minimum absolute atomic E-state index is 0.0119. The maximum absolute atomic E-state index is 6.45. The summed E-state index contributed by atoms with van der Waals surface area (Å²) in [6.07, 6.45) is 6.33. The Morgan fingerprint density at radius 1 is 1.31 bits per heavy atom. The van der Waals surface area contributed by atoms with Gasteiger partial charge >= 0.3 is 0 Å². The van der Waals surface area contributed by atoms with Gasteiger partial charge in [-0.15, -0.1) is 0 Å². The Bertz CT molecular complexity index is 210. The molecule has 2 fully saturated rings. The van der Waals surface area contributed by atoms with Gasteiger partial charge in [-0.05, 0) is 38.1 Å². The quantitative estimate of drug-likeness (QED) is 0.774. The Hall–Kier alpha value is -0.120. The lowest BCUT2D eigenvalue weighted by Crippen LogP contribution is -2.54. The molecule has 2 rings (SSSR count). The third-order valence-electron chi connectivity index (χ3n) is 4.22. The first-order chi connectivity index (χ1) is 7.72. The van der Waals surface area contributed by atoms with Crippen LogP contribution < -0.4 is 5.73 Å². The zero-order valence-electron chi connectivity index (χ0n) is 10.6. The van der Waals surface area contributed by atoms with Gasteiger partial charge in [0.25, 0.3) is 0 Å². The molecule has 0 spiro atoms. The average molecular weight is 226 g/mol. The molecule has 0 unspecified atom stereocenters. The number of ether oxygens (including phenoxy) is 1. The maximum Gasteiger partial charge on any atom is 0.0484 e. The third-order valence-corrected chi connectivity index (χ3v) is 4.22. The molecule has 3 nitrogen and oxygen atoms in total. The van der Waals surface area contributed by atoms with Gasteiger partial charge in [-0.1, -0.05) is 13.3 Å². The van der Waals surface area contributed by atoms with Crippen LogP contribution in [0.5, 0.6) is 0 Å². The second kappa shape index (κ2) is 5.48. The molecule has 1 heterocycles. The van der Waals surface area contributed by atoms with Crippen molar-refractivity contribution in [1.29, 1.82) is 0 Å². The third kappa shape index (κ3) is 3.19. The van der Waals surface area contributed by atoms with Crippen molar-refractivity contribution >= 4 is 0 Å². The summed E-state index contributed by atoms with van der Waals surface area (Å²) in [5.41, 5.74) is 6.46. The summed E-state index contributed by atoms with van der Waals surface area (Å²) >= 11 is 0. The molecule has 0 bridgehead atoms. The standard InChI is InChI=1S/C13H26N2O/c1-2-15(10-12-4-3-5-12)11-13(14)6-8-16-9-7-13/h12H,2-11,14H2,1H3. The summed E-state index contributed by atoms with van der Waals surface area (Å²) < 4.78 is 5.40. The van der Waals surface area contributed by atoms with Crippen molar-refractivity contribution in [3.63, 3.8) is 0 Å². The van der Waals surface area contributed by atoms with Gasteiger partial charge in [-0.25, -0.2) is 0 Å². The van der Waals surface area contributed by atoms with Crippen LogP contribution in [0.3, 0.4) is 0 Å². The predicted octanol–water partition coefficient (Wildman–Crippen LogP) is 1.62. The summed E-state index contributed by atoms with van der Waals surface area (Å²) in [6.45, 7) is 7.40. The number of hydrogen-bond acceptors (Lipinski definition) is 3. The maximum atomic E-state index is 6.45. The Morgan fingerprint density at radius 2 is 2.00 bits per heavy atom. The molecule has 0 atom stereocenters. The molecule has 94 valence electrons. The van der Waals surface area contributed by atoms with Crippen LogP contribution in [0.15, 0.2) is 0 Å². The minimum atomic E-state index is 0.0119. The highest BCUT2D eigenvalue weighted by Crippen LogP contribution is 2.28. The Balaban J connectivity index is 1.79. The van der Waals surface area contributed by atoms with E-state index in [0.29, 0.717) is 0 Å². The molecule has 1 aliphatic carbocycles. The van der Waals surface area contributed by atoms with Crippen molar-refractivity contribution < 1.29 is 4.74 Å². The number of nitrogens with two attached hydrogens (primary N) is 1. The van der Waals surface area contributed by atoms with Gasteiger partial charge in [0.1, 0.15) is 0 Å². The van der Waals surface area contributed by atoms with Gasteiger partial charge in [-0.3, -0.25) is 0 Å². The Labute approximate surface area is 99.3 Å². The zero-order valence-corrected chi connectivity index (χ0v) is 10.6. The highest BCUT2D eigenvalue weighted by Gasteiger charge is 2.31. The van der Waals surface area contributed by atoms with Crippen molar-refractivity contribution in [2.24, 2.45) is 11.7 Å². The highest BCUT2D eigenvalue weighted by molar-refractivity contribution is 4.90. The van der Waals surface area contributed by atoms with E-state index in [1.807, 2.05) is 0 Å². The average Bonchev–Trinajstić information content (AvgIpc) is 2.22.